The van der Waals surface area contributed by atoms with Crippen molar-refractivity contribution in [2.45, 2.75) is 39.5 Å². The Bertz CT molecular complexity index is 680. The second kappa shape index (κ2) is 6.07. The van der Waals surface area contributed by atoms with Gasteiger partial charge in [-0.25, -0.2) is 4.98 Å². The quantitative estimate of drug-likeness (QED) is 0.868. The standard InChI is InChI=1S/C17H26N6/c1-13-14(2)20-17-18-12-19-23(17)16(13)22-9-5-15(6-10-22)11-21-7-3-4-8-21/h12,15H,3-11H2,1-2H3. The molecule has 2 saturated heterocycles. The molecule has 6 nitrogen and oxygen atoms in total. The zero-order valence-electron chi connectivity index (χ0n) is 14.2. The smallest absolute Gasteiger partial charge is 0.254 e. The summed E-state index contributed by atoms with van der Waals surface area (Å²) >= 11 is 0. The van der Waals surface area contributed by atoms with Crippen LogP contribution >= 0.6 is 0 Å². The Morgan fingerprint density at radius 3 is 2.57 bits per heavy atom. The molecule has 0 aromatic carbocycles. The first-order chi connectivity index (χ1) is 11.2. The summed E-state index contributed by atoms with van der Waals surface area (Å²) in [6.45, 7) is 10.3. The molecule has 0 N–H and O–H groups in total. The van der Waals surface area contributed by atoms with Crippen molar-refractivity contribution in [2.75, 3.05) is 37.6 Å². The zero-order valence-corrected chi connectivity index (χ0v) is 14.2. The fourth-order valence-corrected chi connectivity index (χ4v) is 4.04. The van der Waals surface area contributed by atoms with Gasteiger partial charge in [0.2, 0.25) is 0 Å². The Labute approximate surface area is 137 Å². The molecule has 2 aromatic heterocycles. The largest absolute Gasteiger partial charge is 0.356 e. The molecule has 0 aliphatic carbocycles. The highest BCUT2D eigenvalue weighted by atomic mass is 15.4. The van der Waals surface area contributed by atoms with Gasteiger partial charge in [0, 0.05) is 30.9 Å². The lowest BCUT2D eigenvalue weighted by molar-refractivity contribution is 0.249. The van der Waals surface area contributed by atoms with E-state index >= 15 is 0 Å². The molecular formula is C17H26N6. The van der Waals surface area contributed by atoms with E-state index in [4.69, 9.17) is 0 Å². The first kappa shape index (κ1) is 14.9. The maximum absolute atomic E-state index is 4.53. The minimum atomic E-state index is 0.710. The summed E-state index contributed by atoms with van der Waals surface area (Å²) in [7, 11) is 0. The fraction of sp³-hybridized carbons (Fsp3) is 0.706. The summed E-state index contributed by atoms with van der Waals surface area (Å²) in [5.74, 6) is 2.74. The van der Waals surface area contributed by atoms with E-state index in [-0.39, 0.29) is 0 Å². The molecule has 2 aromatic rings. The van der Waals surface area contributed by atoms with Crippen LogP contribution in [0.15, 0.2) is 6.33 Å². The van der Waals surface area contributed by atoms with E-state index in [9.17, 15) is 0 Å². The van der Waals surface area contributed by atoms with Crippen molar-refractivity contribution in [3.05, 3.63) is 17.6 Å². The molecule has 0 spiro atoms. The average Bonchev–Trinajstić information content (AvgIpc) is 3.21. The van der Waals surface area contributed by atoms with Gasteiger partial charge in [0.25, 0.3) is 5.78 Å². The summed E-state index contributed by atoms with van der Waals surface area (Å²) in [6, 6.07) is 0. The van der Waals surface area contributed by atoms with Crippen LogP contribution < -0.4 is 4.90 Å². The van der Waals surface area contributed by atoms with Crippen molar-refractivity contribution in [3.8, 4) is 0 Å². The molecule has 4 rings (SSSR count). The minimum Gasteiger partial charge on any atom is -0.356 e. The third kappa shape index (κ3) is 2.80. The number of piperidine rings is 1. The van der Waals surface area contributed by atoms with E-state index in [1.807, 2.05) is 4.52 Å². The first-order valence-electron chi connectivity index (χ1n) is 8.86. The van der Waals surface area contributed by atoms with Crippen LogP contribution in [0.4, 0.5) is 5.82 Å². The van der Waals surface area contributed by atoms with Crippen LogP contribution in [-0.2, 0) is 0 Å². The van der Waals surface area contributed by atoms with Crippen molar-refractivity contribution < 1.29 is 0 Å². The molecule has 2 aliphatic rings. The van der Waals surface area contributed by atoms with Crippen LogP contribution in [0.5, 0.6) is 0 Å². The number of likely N-dealkylation sites (tertiary alicyclic amines) is 1. The normalized spacial score (nSPS) is 20.7. The SMILES string of the molecule is Cc1nc2ncnn2c(N2CCC(CN3CCCC3)CC2)c1C. The molecule has 0 saturated carbocycles. The Morgan fingerprint density at radius 2 is 1.83 bits per heavy atom. The fourth-order valence-electron chi connectivity index (χ4n) is 4.04. The van der Waals surface area contributed by atoms with E-state index in [1.54, 1.807) is 6.33 Å². The van der Waals surface area contributed by atoms with Gasteiger partial charge in [-0.1, -0.05) is 0 Å². The second-order valence-corrected chi connectivity index (χ2v) is 7.06. The summed E-state index contributed by atoms with van der Waals surface area (Å²) in [5, 5.41) is 4.39. The van der Waals surface area contributed by atoms with Crippen LogP contribution in [0.3, 0.4) is 0 Å². The Morgan fingerprint density at radius 1 is 1.09 bits per heavy atom. The predicted octanol–water partition coefficient (Wildman–Crippen LogP) is 2.05. The van der Waals surface area contributed by atoms with Crippen molar-refractivity contribution in [1.82, 2.24) is 24.5 Å². The van der Waals surface area contributed by atoms with Crippen molar-refractivity contribution in [2.24, 2.45) is 5.92 Å². The van der Waals surface area contributed by atoms with Crippen LogP contribution in [0.2, 0.25) is 0 Å². The van der Waals surface area contributed by atoms with E-state index in [0.717, 1.165) is 24.7 Å². The van der Waals surface area contributed by atoms with E-state index < -0.39 is 0 Å². The third-order valence-corrected chi connectivity index (χ3v) is 5.51. The topological polar surface area (TPSA) is 49.6 Å². The molecule has 0 atom stereocenters. The number of nitrogens with zero attached hydrogens (tertiary/aromatic N) is 6. The van der Waals surface area contributed by atoms with Gasteiger partial charge in [0.05, 0.1) is 0 Å². The molecule has 4 heterocycles. The van der Waals surface area contributed by atoms with Gasteiger partial charge in [-0.15, -0.1) is 0 Å². The summed E-state index contributed by atoms with van der Waals surface area (Å²) in [4.78, 5) is 13.9. The number of aryl methyl sites for hydroxylation is 1. The van der Waals surface area contributed by atoms with Gasteiger partial charge >= 0.3 is 0 Å². The summed E-state index contributed by atoms with van der Waals surface area (Å²) in [5.41, 5.74) is 2.28. The molecule has 6 heteroatoms. The molecule has 0 unspecified atom stereocenters. The van der Waals surface area contributed by atoms with Crippen molar-refractivity contribution >= 4 is 11.6 Å². The molecule has 2 aliphatic heterocycles. The lowest BCUT2D eigenvalue weighted by Crippen LogP contribution is -2.39. The summed E-state index contributed by atoms with van der Waals surface area (Å²) < 4.78 is 1.91. The lowest BCUT2D eigenvalue weighted by Gasteiger charge is -2.35. The molecular weight excluding hydrogens is 288 g/mol. The molecule has 23 heavy (non-hydrogen) atoms. The maximum atomic E-state index is 4.53. The van der Waals surface area contributed by atoms with E-state index in [1.165, 1.54) is 56.7 Å². The average molecular weight is 314 g/mol. The molecule has 2 fully saturated rings. The first-order valence-corrected chi connectivity index (χ1v) is 8.86. The lowest BCUT2D eigenvalue weighted by atomic mass is 9.96. The Balaban J connectivity index is 1.50. The zero-order chi connectivity index (χ0) is 15.8. The highest BCUT2D eigenvalue weighted by molar-refractivity contribution is 5.54. The summed E-state index contributed by atoms with van der Waals surface area (Å²) in [6.07, 6.45) is 6.92. The number of anilines is 1. The number of hydrogen-bond donors (Lipinski definition) is 0. The highest BCUT2D eigenvalue weighted by Gasteiger charge is 2.25. The van der Waals surface area contributed by atoms with Gasteiger partial charge in [0.1, 0.15) is 12.1 Å². The number of aromatic nitrogens is 4. The molecule has 0 bridgehead atoms. The van der Waals surface area contributed by atoms with Crippen molar-refractivity contribution in [1.29, 1.82) is 0 Å². The van der Waals surface area contributed by atoms with E-state index in [2.05, 4.69) is 38.7 Å². The second-order valence-electron chi connectivity index (χ2n) is 7.06. The van der Waals surface area contributed by atoms with Crippen molar-refractivity contribution in [3.63, 3.8) is 0 Å². The molecule has 0 radical (unpaired) electrons. The predicted molar refractivity (Wildman–Crippen MR) is 90.9 cm³/mol. The molecule has 0 amide bonds. The van der Waals surface area contributed by atoms with Crippen LogP contribution in [0.25, 0.3) is 5.78 Å². The maximum Gasteiger partial charge on any atom is 0.254 e. The molecule has 124 valence electrons. The van der Waals surface area contributed by atoms with Gasteiger partial charge in [-0.2, -0.15) is 14.6 Å². The minimum absolute atomic E-state index is 0.710. The van der Waals surface area contributed by atoms with E-state index in [0.29, 0.717) is 5.78 Å². The van der Waals surface area contributed by atoms with Gasteiger partial charge in [-0.05, 0) is 58.5 Å². The van der Waals surface area contributed by atoms with Crippen LogP contribution in [0, 0.1) is 19.8 Å². The monoisotopic (exact) mass is 314 g/mol. The third-order valence-electron chi connectivity index (χ3n) is 5.51. The van der Waals surface area contributed by atoms with Gasteiger partial charge in [0.15, 0.2) is 0 Å². The van der Waals surface area contributed by atoms with Gasteiger partial charge < -0.3 is 9.80 Å². The van der Waals surface area contributed by atoms with Crippen LogP contribution in [-0.4, -0.2) is 57.2 Å². The number of hydrogen-bond acceptors (Lipinski definition) is 5. The number of fused-ring (bicyclic) bond motifs is 1. The van der Waals surface area contributed by atoms with Gasteiger partial charge in [-0.3, -0.25) is 0 Å². The highest BCUT2D eigenvalue weighted by Crippen LogP contribution is 2.28. The Kier molecular flexibility index (Phi) is 3.93. The number of rotatable bonds is 3. The Hall–Kier alpha value is -1.69. The van der Waals surface area contributed by atoms with Crippen LogP contribution in [0.1, 0.15) is 36.9 Å².